The number of rotatable bonds is 4. The minimum atomic E-state index is -0.867. The quantitative estimate of drug-likeness (QED) is 0.890. The number of carboxylic acid groups (broad SMARTS) is 1. The lowest BCUT2D eigenvalue weighted by Crippen LogP contribution is -2.46. The molecule has 0 bridgehead atoms. The number of hydrogen-bond donors (Lipinski definition) is 1. The van der Waals surface area contributed by atoms with Crippen LogP contribution in [0.25, 0.3) is 0 Å². The van der Waals surface area contributed by atoms with Gasteiger partial charge in [-0.1, -0.05) is 19.1 Å². The highest BCUT2D eigenvalue weighted by Gasteiger charge is 2.37. The lowest BCUT2D eigenvalue weighted by atomic mass is 9.99. The van der Waals surface area contributed by atoms with E-state index in [1.807, 2.05) is 19.1 Å². The van der Waals surface area contributed by atoms with E-state index >= 15 is 0 Å². The van der Waals surface area contributed by atoms with Gasteiger partial charge in [0.1, 0.15) is 5.75 Å². The Morgan fingerprint density at radius 1 is 1.24 bits per heavy atom. The van der Waals surface area contributed by atoms with Gasteiger partial charge in [-0.2, -0.15) is 0 Å². The van der Waals surface area contributed by atoms with E-state index in [0.29, 0.717) is 18.0 Å². The summed E-state index contributed by atoms with van der Waals surface area (Å²) in [7, 11) is 0. The van der Waals surface area contributed by atoms with Crippen LogP contribution in [0.3, 0.4) is 0 Å². The van der Waals surface area contributed by atoms with E-state index in [2.05, 4.69) is 0 Å². The average Bonchev–Trinajstić information content (AvgIpc) is 2.97. The van der Waals surface area contributed by atoms with Gasteiger partial charge in [-0.25, -0.2) is 0 Å². The molecular weight excluding hydrogens is 324 g/mol. The number of nitrogens with zero attached hydrogens (tertiary/aromatic N) is 2. The molecule has 0 aromatic heterocycles. The highest BCUT2D eigenvalue weighted by molar-refractivity contribution is 6.00. The minimum absolute atomic E-state index is 0.0628. The first-order valence-corrected chi connectivity index (χ1v) is 8.46. The zero-order chi connectivity index (χ0) is 18.1. The Balaban J connectivity index is 1.66. The summed E-state index contributed by atoms with van der Waals surface area (Å²) < 4.78 is 5.58. The largest absolute Gasteiger partial charge is 0.481 e. The SMILES string of the molecule is CC1Oc2ccccc2N(CCC(=O)N2C[C@@H](C)[C@H](C(=O)O)C2)C1=O. The summed E-state index contributed by atoms with van der Waals surface area (Å²) in [5.41, 5.74) is 0.664. The Kier molecular flexibility index (Phi) is 4.65. The van der Waals surface area contributed by atoms with Crippen molar-refractivity contribution in [2.24, 2.45) is 11.8 Å². The van der Waals surface area contributed by atoms with Crippen LogP contribution >= 0.6 is 0 Å². The second-order valence-corrected chi connectivity index (χ2v) is 6.69. The maximum absolute atomic E-state index is 12.5. The van der Waals surface area contributed by atoms with Crippen LogP contribution in [0.5, 0.6) is 5.75 Å². The fourth-order valence-electron chi connectivity index (χ4n) is 3.45. The topological polar surface area (TPSA) is 87.2 Å². The van der Waals surface area contributed by atoms with Gasteiger partial charge in [0, 0.05) is 26.1 Å². The van der Waals surface area contributed by atoms with Crippen molar-refractivity contribution in [2.75, 3.05) is 24.5 Å². The number of carbonyl (C=O) groups is 3. The molecule has 3 atom stereocenters. The Morgan fingerprint density at radius 3 is 2.64 bits per heavy atom. The molecule has 2 aliphatic rings. The summed E-state index contributed by atoms with van der Waals surface area (Å²) in [6.45, 7) is 4.46. The normalized spacial score (nSPS) is 25.5. The van der Waals surface area contributed by atoms with Gasteiger partial charge in [0.25, 0.3) is 5.91 Å². The molecule has 2 amide bonds. The van der Waals surface area contributed by atoms with Crippen molar-refractivity contribution in [1.29, 1.82) is 0 Å². The standard InChI is InChI=1S/C18H22N2O5/c1-11-9-19(10-13(11)18(23)24)16(21)7-8-20-14-5-3-4-6-15(14)25-12(2)17(20)22/h3-6,11-13H,7-10H2,1-2H3,(H,23,24)/t11-,12?,13-/m1/s1. The van der Waals surface area contributed by atoms with E-state index in [1.165, 1.54) is 0 Å². The van der Waals surface area contributed by atoms with Crippen LogP contribution < -0.4 is 9.64 Å². The third-order valence-corrected chi connectivity index (χ3v) is 4.91. The first kappa shape index (κ1) is 17.3. The Hall–Kier alpha value is -2.57. The Bertz CT molecular complexity index is 704. The molecule has 2 aliphatic heterocycles. The Morgan fingerprint density at radius 2 is 1.96 bits per heavy atom. The number of likely N-dealkylation sites (tertiary alicyclic amines) is 1. The van der Waals surface area contributed by atoms with E-state index in [9.17, 15) is 19.5 Å². The minimum Gasteiger partial charge on any atom is -0.481 e. The van der Waals surface area contributed by atoms with Crippen LogP contribution in [0.15, 0.2) is 24.3 Å². The lowest BCUT2D eigenvalue weighted by Gasteiger charge is -2.33. The molecular formula is C18H22N2O5. The fourth-order valence-corrected chi connectivity index (χ4v) is 3.45. The maximum atomic E-state index is 12.5. The van der Waals surface area contributed by atoms with Gasteiger partial charge in [-0.15, -0.1) is 0 Å². The van der Waals surface area contributed by atoms with Crippen molar-refractivity contribution in [2.45, 2.75) is 26.4 Å². The molecule has 0 aliphatic carbocycles. The number of anilines is 1. The second kappa shape index (κ2) is 6.74. The van der Waals surface area contributed by atoms with Gasteiger partial charge in [0.15, 0.2) is 6.10 Å². The number of fused-ring (bicyclic) bond motifs is 1. The van der Waals surface area contributed by atoms with Crippen LogP contribution in [0.4, 0.5) is 5.69 Å². The maximum Gasteiger partial charge on any atom is 0.308 e. The predicted molar refractivity (Wildman–Crippen MR) is 90.4 cm³/mol. The first-order chi connectivity index (χ1) is 11.9. The van der Waals surface area contributed by atoms with E-state index < -0.39 is 18.0 Å². The molecule has 3 rings (SSSR count). The summed E-state index contributed by atoms with van der Waals surface area (Å²) >= 11 is 0. The summed E-state index contributed by atoms with van der Waals surface area (Å²) in [5, 5.41) is 9.19. The fraction of sp³-hybridized carbons (Fsp3) is 0.500. The summed E-state index contributed by atoms with van der Waals surface area (Å²) in [4.78, 5) is 39.2. The molecule has 0 radical (unpaired) electrons. The molecule has 0 saturated carbocycles. The van der Waals surface area contributed by atoms with Crippen LogP contribution in [-0.2, 0) is 14.4 Å². The number of benzene rings is 1. The zero-order valence-corrected chi connectivity index (χ0v) is 14.3. The van der Waals surface area contributed by atoms with Gasteiger partial charge in [-0.05, 0) is 25.0 Å². The van der Waals surface area contributed by atoms with E-state index in [4.69, 9.17) is 4.74 Å². The number of aliphatic carboxylic acids is 1. The lowest BCUT2D eigenvalue weighted by molar-refractivity contribution is -0.142. The third kappa shape index (κ3) is 3.31. The smallest absolute Gasteiger partial charge is 0.308 e. The molecule has 1 fully saturated rings. The van der Waals surface area contributed by atoms with Gasteiger partial charge in [0.05, 0.1) is 11.6 Å². The van der Waals surface area contributed by atoms with E-state index in [1.54, 1.807) is 28.9 Å². The highest BCUT2D eigenvalue weighted by atomic mass is 16.5. The third-order valence-electron chi connectivity index (χ3n) is 4.91. The Labute approximate surface area is 146 Å². The van der Waals surface area contributed by atoms with Crippen molar-refractivity contribution < 1.29 is 24.2 Å². The zero-order valence-electron chi connectivity index (χ0n) is 14.3. The number of para-hydroxylation sites is 2. The number of ether oxygens (including phenoxy) is 1. The molecule has 134 valence electrons. The van der Waals surface area contributed by atoms with E-state index in [-0.39, 0.29) is 37.2 Å². The highest BCUT2D eigenvalue weighted by Crippen LogP contribution is 2.33. The molecule has 0 spiro atoms. The molecule has 2 heterocycles. The van der Waals surface area contributed by atoms with Crippen LogP contribution in [0.2, 0.25) is 0 Å². The van der Waals surface area contributed by atoms with Crippen LogP contribution in [-0.4, -0.2) is 53.5 Å². The molecule has 7 heteroatoms. The van der Waals surface area contributed by atoms with Gasteiger partial charge >= 0.3 is 5.97 Å². The molecule has 1 aromatic rings. The van der Waals surface area contributed by atoms with Gasteiger partial charge in [-0.3, -0.25) is 14.4 Å². The molecule has 7 nitrogen and oxygen atoms in total. The molecule has 1 unspecified atom stereocenters. The summed E-state index contributed by atoms with van der Waals surface area (Å²) in [6.07, 6.45) is -0.431. The molecule has 1 saturated heterocycles. The second-order valence-electron chi connectivity index (χ2n) is 6.69. The van der Waals surface area contributed by atoms with Crippen LogP contribution in [0.1, 0.15) is 20.3 Å². The van der Waals surface area contributed by atoms with Crippen molar-refractivity contribution in [3.05, 3.63) is 24.3 Å². The molecule has 1 N–H and O–H groups in total. The van der Waals surface area contributed by atoms with Gasteiger partial charge < -0.3 is 19.6 Å². The number of carbonyl (C=O) groups excluding carboxylic acids is 2. The van der Waals surface area contributed by atoms with E-state index in [0.717, 1.165) is 0 Å². The number of carboxylic acids is 1. The van der Waals surface area contributed by atoms with Crippen molar-refractivity contribution in [1.82, 2.24) is 4.90 Å². The van der Waals surface area contributed by atoms with Gasteiger partial charge in [0.2, 0.25) is 5.91 Å². The summed E-state index contributed by atoms with van der Waals surface area (Å²) in [5.74, 6) is -1.12. The number of amides is 2. The first-order valence-electron chi connectivity index (χ1n) is 8.46. The van der Waals surface area contributed by atoms with Crippen molar-refractivity contribution in [3.63, 3.8) is 0 Å². The average molecular weight is 346 g/mol. The molecule has 25 heavy (non-hydrogen) atoms. The predicted octanol–water partition coefficient (Wildman–Crippen LogP) is 1.37. The molecule has 1 aromatic carbocycles. The summed E-state index contributed by atoms with van der Waals surface area (Å²) in [6, 6.07) is 7.25. The van der Waals surface area contributed by atoms with Crippen molar-refractivity contribution >= 4 is 23.5 Å². The number of hydrogen-bond acceptors (Lipinski definition) is 4. The van der Waals surface area contributed by atoms with Crippen LogP contribution in [0, 0.1) is 11.8 Å². The monoisotopic (exact) mass is 346 g/mol. The van der Waals surface area contributed by atoms with Crippen molar-refractivity contribution in [3.8, 4) is 5.75 Å².